The molecule has 3 aromatic rings. The van der Waals surface area contributed by atoms with Crippen molar-refractivity contribution in [3.05, 3.63) is 58.7 Å². The number of carbonyl (C=O) groups is 1. The average molecular weight is 415 g/mol. The Balaban J connectivity index is 2.07. The van der Waals surface area contributed by atoms with Crippen LogP contribution in [0.25, 0.3) is 21.3 Å². The smallest absolute Gasteiger partial charge is 0.319 e. The van der Waals surface area contributed by atoms with Crippen LogP contribution in [0.15, 0.2) is 58.3 Å². The lowest BCUT2D eigenvalue weighted by atomic mass is 10.1. The quantitative estimate of drug-likeness (QED) is 0.242. The number of rotatable bonds is 7. The van der Waals surface area contributed by atoms with Gasteiger partial charge in [0.15, 0.2) is 5.16 Å². The fourth-order valence-corrected chi connectivity index (χ4v) is 4.64. The van der Waals surface area contributed by atoms with Crippen LogP contribution in [0.1, 0.15) is 20.8 Å². The van der Waals surface area contributed by atoms with Crippen molar-refractivity contribution >= 4 is 39.3 Å². The molecule has 28 heavy (non-hydrogen) atoms. The first kappa shape index (κ1) is 20.4. The van der Waals surface area contributed by atoms with Crippen LogP contribution in [0.2, 0.25) is 0 Å². The van der Waals surface area contributed by atoms with Crippen LogP contribution in [0.3, 0.4) is 0 Å². The molecule has 1 atom stereocenters. The van der Waals surface area contributed by atoms with Crippen LogP contribution in [0.4, 0.5) is 0 Å². The Kier molecular flexibility index (Phi) is 6.36. The Morgan fingerprint density at radius 1 is 1.32 bits per heavy atom. The normalized spacial score (nSPS) is 12.3. The third kappa shape index (κ3) is 4.20. The zero-order valence-electron chi connectivity index (χ0n) is 16.0. The molecule has 0 aliphatic heterocycles. The summed E-state index contributed by atoms with van der Waals surface area (Å²) in [4.78, 5) is 30.8. The van der Waals surface area contributed by atoms with Crippen molar-refractivity contribution in [2.75, 3.05) is 0 Å². The summed E-state index contributed by atoms with van der Waals surface area (Å²) in [5, 5.41) is 2.57. The van der Waals surface area contributed by atoms with Gasteiger partial charge in [-0.3, -0.25) is 14.2 Å². The molecule has 0 amide bonds. The first-order chi connectivity index (χ1) is 13.4. The SMILES string of the molecule is C=CCn1c(SC(C)C(=O)OC(C)C)nc2scc(-c3ccccc3)c2c1=O. The Morgan fingerprint density at radius 3 is 2.68 bits per heavy atom. The second-order valence-corrected chi connectivity index (χ2v) is 8.71. The van der Waals surface area contributed by atoms with E-state index in [4.69, 9.17) is 9.72 Å². The number of thiophene rings is 1. The van der Waals surface area contributed by atoms with Gasteiger partial charge in [-0.05, 0) is 26.3 Å². The molecular formula is C21H22N2O3S2. The van der Waals surface area contributed by atoms with Crippen molar-refractivity contribution in [3.8, 4) is 11.1 Å². The number of esters is 1. The molecule has 0 saturated heterocycles. The highest BCUT2D eigenvalue weighted by Gasteiger charge is 2.22. The minimum Gasteiger partial charge on any atom is -0.462 e. The summed E-state index contributed by atoms with van der Waals surface area (Å²) in [5.74, 6) is -0.323. The van der Waals surface area contributed by atoms with Gasteiger partial charge in [0.05, 0.1) is 11.5 Å². The number of ether oxygens (including phenoxy) is 1. The van der Waals surface area contributed by atoms with Gasteiger partial charge in [-0.25, -0.2) is 4.98 Å². The zero-order valence-corrected chi connectivity index (χ0v) is 17.7. The number of benzene rings is 1. The molecule has 0 fully saturated rings. The van der Waals surface area contributed by atoms with Crippen molar-refractivity contribution in [2.45, 2.75) is 43.8 Å². The van der Waals surface area contributed by atoms with Crippen LogP contribution in [0, 0.1) is 0 Å². The molecule has 0 saturated carbocycles. The molecule has 0 aliphatic rings. The van der Waals surface area contributed by atoms with Gasteiger partial charge in [-0.15, -0.1) is 17.9 Å². The number of aromatic nitrogens is 2. The predicted octanol–water partition coefficient (Wildman–Crippen LogP) is 4.74. The average Bonchev–Trinajstić information content (AvgIpc) is 3.09. The van der Waals surface area contributed by atoms with Gasteiger partial charge in [-0.1, -0.05) is 48.2 Å². The summed E-state index contributed by atoms with van der Waals surface area (Å²) in [5.41, 5.74) is 1.73. The van der Waals surface area contributed by atoms with E-state index in [2.05, 4.69) is 6.58 Å². The van der Waals surface area contributed by atoms with Gasteiger partial charge >= 0.3 is 5.97 Å². The van der Waals surface area contributed by atoms with E-state index in [0.29, 0.717) is 21.9 Å². The molecule has 0 aliphatic carbocycles. The topological polar surface area (TPSA) is 61.2 Å². The highest BCUT2D eigenvalue weighted by Crippen LogP contribution is 2.33. The summed E-state index contributed by atoms with van der Waals surface area (Å²) >= 11 is 2.66. The summed E-state index contributed by atoms with van der Waals surface area (Å²) in [6, 6.07) is 9.79. The molecule has 7 heteroatoms. The number of carbonyl (C=O) groups excluding carboxylic acids is 1. The van der Waals surface area contributed by atoms with E-state index in [-0.39, 0.29) is 17.6 Å². The molecule has 1 aromatic carbocycles. The number of hydrogen-bond acceptors (Lipinski definition) is 6. The number of fused-ring (bicyclic) bond motifs is 1. The number of nitrogens with zero attached hydrogens (tertiary/aromatic N) is 2. The van der Waals surface area contributed by atoms with Crippen LogP contribution in [-0.4, -0.2) is 26.9 Å². The third-order valence-corrected chi connectivity index (χ3v) is 5.96. The van der Waals surface area contributed by atoms with Crippen LogP contribution in [0.5, 0.6) is 0 Å². The van der Waals surface area contributed by atoms with E-state index in [0.717, 1.165) is 11.1 Å². The number of hydrogen-bond donors (Lipinski definition) is 0. The molecule has 2 aromatic heterocycles. The Labute approximate surface area is 172 Å². The maximum Gasteiger partial charge on any atom is 0.319 e. The van der Waals surface area contributed by atoms with Crippen LogP contribution < -0.4 is 5.56 Å². The van der Waals surface area contributed by atoms with Crippen molar-refractivity contribution in [1.82, 2.24) is 9.55 Å². The largest absolute Gasteiger partial charge is 0.462 e. The fraction of sp³-hybridized carbons (Fsp3) is 0.286. The molecule has 0 bridgehead atoms. The van der Waals surface area contributed by atoms with Crippen molar-refractivity contribution in [1.29, 1.82) is 0 Å². The van der Waals surface area contributed by atoms with Gasteiger partial charge < -0.3 is 4.74 Å². The van der Waals surface area contributed by atoms with E-state index >= 15 is 0 Å². The van der Waals surface area contributed by atoms with E-state index in [9.17, 15) is 9.59 Å². The van der Waals surface area contributed by atoms with Gasteiger partial charge in [0.1, 0.15) is 10.1 Å². The predicted molar refractivity (Wildman–Crippen MR) is 116 cm³/mol. The Bertz CT molecular complexity index is 1050. The lowest BCUT2D eigenvalue weighted by molar-refractivity contribution is -0.146. The van der Waals surface area contributed by atoms with Crippen molar-refractivity contribution < 1.29 is 9.53 Å². The standard InChI is InChI=1S/C21H22N2O3S2/c1-5-11-23-19(24)17-16(15-9-7-6-8-10-15)12-27-18(17)22-21(23)28-14(4)20(25)26-13(2)3/h5-10,12-14H,1,11H2,2-4H3. The maximum absolute atomic E-state index is 13.3. The highest BCUT2D eigenvalue weighted by atomic mass is 32.2. The lowest BCUT2D eigenvalue weighted by Gasteiger charge is -2.15. The zero-order chi connectivity index (χ0) is 20.3. The molecular weight excluding hydrogens is 392 g/mol. The summed E-state index contributed by atoms with van der Waals surface area (Å²) in [7, 11) is 0. The second-order valence-electron chi connectivity index (χ2n) is 6.54. The van der Waals surface area contributed by atoms with Crippen molar-refractivity contribution in [3.63, 3.8) is 0 Å². The number of thioether (sulfide) groups is 1. The molecule has 2 heterocycles. The second kappa shape index (κ2) is 8.75. The van der Waals surface area contributed by atoms with Gasteiger partial charge in [0.25, 0.3) is 5.56 Å². The molecule has 0 spiro atoms. The van der Waals surface area contributed by atoms with E-state index in [1.807, 2.05) is 49.6 Å². The Hall–Kier alpha value is -2.38. The van der Waals surface area contributed by atoms with Gasteiger partial charge in [0, 0.05) is 17.5 Å². The monoisotopic (exact) mass is 414 g/mol. The summed E-state index contributed by atoms with van der Waals surface area (Å²) in [6.07, 6.45) is 1.47. The molecule has 3 rings (SSSR count). The van der Waals surface area contributed by atoms with E-state index in [1.165, 1.54) is 23.1 Å². The lowest BCUT2D eigenvalue weighted by Crippen LogP contribution is -2.25. The molecule has 146 valence electrons. The van der Waals surface area contributed by atoms with Gasteiger partial charge in [-0.2, -0.15) is 0 Å². The molecule has 5 nitrogen and oxygen atoms in total. The third-order valence-electron chi connectivity index (χ3n) is 4.02. The summed E-state index contributed by atoms with van der Waals surface area (Å²) < 4.78 is 6.84. The minimum atomic E-state index is -0.476. The number of allylic oxidation sites excluding steroid dienone is 1. The Morgan fingerprint density at radius 2 is 2.04 bits per heavy atom. The van der Waals surface area contributed by atoms with E-state index in [1.54, 1.807) is 17.6 Å². The summed E-state index contributed by atoms with van der Waals surface area (Å²) in [6.45, 7) is 9.45. The first-order valence-corrected chi connectivity index (χ1v) is 10.7. The van der Waals surface area contributed by atoms with Crippen molar-refractivity contribution in [2.24, 2.45) is 0 Å². The molecule has 0 N–H and O–H groups in total. The van der Waals surface area contributed by atoms with Crippen LogP contribution in [-0.2, 0) is 16.1 Å². The molecule has 1 unspecified atom stereocenters. The first-order valence-electron chi connectivity index (χ1n) is 8.97. The molecule has 0 radical (unpaired) electrons. The van der Waals surface area contributed by atoms with E-state index < -0.39 is 5.25 Å². The highest BCUT2D eigenvalue weighted by molar-refractivity contribution is 8.00. The fourth-order valence-electron chi connectivity index (χ4n) is 2.75. The minimum absolute atomic E-state index is 0.128. The maximum atomic E-state index is 13.3. The van der Waals surface area contributed by atoms with Gasteiger partial charge in [0.2, 0.25) is 0 Å². The van der Waals surface area contributed by atoms with Crippen LogP contribution >= 0.6 is 23.1 Å².